The van der Waals surface area contributed by atoms with Gasteiger partial charge >= 0.3 is 6.09 Å². The summed E-state index contributed by atoms with van der Waals surface area (Å²) in [5.74, 6) is 0. The molecule has 1 aromatic rings. The molecule has 0 saturated heterocycles. The number of likely N-dealkylation sites (N-methyl/N-ethyl adjacent to an activating group) is 2. The predicted octanol–water partition coefficient (Wildman–Crippen LogP) is 3.94. The van der Waals surface area contributed by atoms with E-state index in [2.05, 4.69) is 52.5 Å². The van der Waals surface area contributed by atoms with Crippen LogP contribution in [-0.2, 0) is 11.3 Å². The van der Waals surface area contributed by atoms with Gasteiger partial charge in [0.2, 0.25) is 0 Å². The minimum Gasteiger partial charge on any atom is -0.445 e. The van der Waals surface area contributed by atoms with Crippen molar-refractivity contribution in [1.29, 1.82) is 0 Å². The standard InChI is InChI=1S/C20H35BN3O2/c1-8-19(2,3)21-20(4,5)23-17-11-9-16(10-12-17)15-26-18(25)24(7)14-13-22-6/h9-12,22-23H,8,13-15H2,1-7H3. The Labute approximate surface area is 160 Å². The van der Waals surface area contributed by atoms with Crippen LogP contribution in [0.5, 0.6) is 0 Å². The highest BCUT2D eigenvalue weighted by Gasteiger charge is 2.29. The first-order valence-corrected chi connectivity index (χ1v) is 9.35. The highest BCUT2D eigenvalue weighted by atomic mass is 16.6. The third-order valence-corrected chi connectivity index (χ3v) is 4.45. The molecule has 0 heterocycles. The van der Waals surface area contributed by atoms with Gasteiger partial charge in [0, 0.05) is 31.3 Å². The van der Waals surface area contributed by atoms with Crippen molar-refractivity contribution in [3.8, 4) is 0 Å². The zero-order chi connectivity index (χ0) is 19.8. The van der Waals surface area contributed by atoms with Crippen LogP contribution in [0.3, 0.4) is 0 Å². The molecule has 0 aliphatic heterocycles. The van der Waals surface area contributed by atoms with E-state index in [9.17, 15) is 4.79 Å². The fourth-order valence-corrected chi connectivity index (χ4v) is 2.80. The molecule has 0 bridgehead atoms. The number of hydrogen-bond donors (Lipinski definition) is 2. The maximum absolute atomic E-state index is 11.9. The van der Waals surface area contributed by atoms with Gasteiger partial charge in [-0.3, -0.25) is 0 Å². The predicted molar refractivity (Wildman–Crippen MR) is 111 cm³/mol. The van der Waals surface area contributed by atoms with Crippen molar-refractivity contribution in [2.75, 3.05) is 32.5 Å². The normalized spacial score (nSPS) is 11.8. The summed E-state index contributed by atoms with van der Waals surface area (Å²) in [6, 6.07) is 8.04. The lowest BCUT2D eigenvalue weighted by Gasteiger charge is -2.35. The first kappa shape index (κ1) is 22.4. The number of anilines is 1. The van der Waals surface area contributed by atoms with Crippen molar-refractivity contribution in [3.63, 3.8) is 0 Å². The van der Waals surface area contributed by atoms with Crippen molar-refractivity contribution < 1.29 is 9.53 Å². The number of rotatable bonds is 10. The summed E-state index contributed by atoms with van der Waals surface area (Å²) in [6.07, 6.45) is 0.797. The second kappa shape index (κ2) is 9.86. The van der Waals surface area contributed by atoms with E-state index in [0.29, 0.717) is 6.54 Å². The van der Waals surface area contributed by atoms with Gasteiger partial charge < -0.3 is 20.3 Å². The molecule has 5 nitrogen and oxygen atoms in total. The van der Waals surface area contributed by atoms with Gasteiger partial charge in [-0.1, -0.05) is 58.5 Å². The second-order valence-electron chi connectivity index (χ2n) is 8.11. The van der Waals surface area contributed by atoms with Gasteiger partial charge in [-0.2, -0.15) is 0 Å². The molecule has 1 rings (SSSR count). The Hall–Kier alpha value is -1.69. The highest BCUT2D eigenvalue weighted by molar-refractivity contribution is 6.44. The summed E-state index contributed by atoms with van der Waals surface area (Å²) in [7, 11) is 5.96. The van der Waals surface area contributed by atoms with E-state index in [0.717, 1.165) is 24.2 Å². The molecule has 0 spiro atoms. The molecule has 1 aromatic carbocycles. The topological polar surface area (TPSA) is 53.6 Å². The molecule has 0 aliphatic carbocycles. The Bertz CT molecular complexity index is 559. The number of benzene rings is 1. The second-order valence-corrected chi connectivity index (χ2v) is 8.11. The highest BCUT2D eigenvalue weighted by Crippen LogP contribution is 2.31. The third-order valence-electron chi connectivity index (χ3n) is 4.45. The van der Waals surface area contributed by atoms with Crippen LogP contribution >= 0.6 is 0 Å². The molecule has 0 aromatic heterocycles. The van der Waals surface area contributed by atoms with Crippen LogP contribution in [0, 0.1) is 0 Å². The molecule has 145 valence electrons. The minimum absolute atomic E-state index is 0.108. The largest absolute Gasteiger partial charge is 0.445 e. The molecular weight excluding hydrogens is 325 g/mol. The molecule has 6 heteroatoms. The monoisotopic (exact) mass is 360 g/mol. The molecule has 26 heavy (non-hydrogen) atoms. The van der Waals surface area contributed by atoms with Crippen molar-refractivity contribution in [3.05, 3.63) is 29.8 Å². The van der Waals surface area contributed by atoms with Crippen LogP contribution in [0.15, 0.2) is 24.3 Å². The summed E-state index contributed by atoms with van der Waals surface area (Å²) in [4.78, 5) is 13.5. The average Bonchev–Trinajstić information content (AvgIpc) is 2.57. The fourth-order valence-electron chi connectivity index (χ4n) is 2.80. The van der Waals surface area contributed by atoms with Crippen molar-refractivity contribution in [2.45, 2.75) is 58.4 Å². The van der Waals surface area contributed by atoms with E-state index in [4.69, 9.17) is 4.74 Å². The van der Waals surface area contributed by atoms with Crippen molar-refractivity contribution in [2.24, 2.45) is 0 Å². The number of ether oxygens (including phenoxy) is 1. The zero-order valence-electron chi connectivity index (χ0n) is 17.5. The lowest BCUT2D eigenvalue weighted by Crippen LogP contribution is -2.42. The number of amides is 1. The van der Waals surface area contributed by atoms with Crippen molar-refractivity contribution >= 4 is 19.1 Å². The maximum atomic E-state index is 11.9. The molecule has 0 fully saturated rings. The first-order valence-electron chi connectivity index (χ1n) is 9.35. The van der Waals surface area contributed by atoms with Crippen LogP contribution in [0.25, 0.3) is 0 Å². The minimum atomic E-state index is -0.306. The van der Waals surface area contributed by atoms with Gasteiger partial charge in [0.1, 0.15) is 6.61 Å². The van der Waals surface area contributed by atoms with E-state index in [1.165, 1.54) is 0 Å². The van der Waals surface area contributed by atoms with Crippen LogP contribution in [0.4, 0.5) is 10.5 Å². The van der Waals surface area contributed by atoms with Gasteiger partial charge in [0.05, 0.1) is 0 Å². The third kappa shape index (κ3) is 8.13. The molecule has 1 amide bonds. The van der Waals surface area contributed by atoms with E-state index in [1.807, 2.05) is 31.3 Å². The number of carbonyl (C=O) groups is 1. The van der Waals surface area contributed by atoms with Crippen molar-refractivity contribution in [1.82, 2.24) is 10.2 Å². The van der Waals surface area contributed by atoms with Gasteiger partial charge in [-0.25, -0.2) is 4.79 Å². The lowest BCUT2D eigenvalue weighted by molar-refractivity contribution is 0.105. The van der Waals surface area contributed by atoms with Gasteiger partial charge in [-0.05, 0) is 24.7 Å². The maximum Gasteiger partial charge on any atom is 0.409 e. The Balaban J connectivity index is 2.54. The molecule has 0 unspecified atom stereocenters. The van der Waals surface area contributed by atoms with Gasteiger partial charge in [0.15, 0.2) is 7.28 Å². The van der Waals surface area contributed by atoms with Crippen LogP contribution in [0.1, 0.15) is 46.6 Å². The van der Waals surface area contributed by atoms with E-state index < -0.39 is 0 Å². The summed E-state index contributed by atoms with van der Waals surface area (Å²) < 4.78 is 5.34. The first-order chi connectivity index (χ1) is 12.1. The van der Waals surface area contributed by atoms with E-state index in [1.54, 1.807) is 11.9 Å². The summed E-state index contributed by atoms with van der Waals surface area (Å²) in [6.45, 7) is 12.7. The number of carbonyl (C=O) groups excluding carboxylic acids is 1. The number of nitrogens with one attached hydrogen (secondary N) is 2. The molecule has 1 radical (unpaired) electrons. The summed E-state index contributed by atoms with van der Waals surface area (Å²) in [5.41, 5.74) is 1.92. The van der Waals surface area contributed by atoms with Gasteiger partial charge in [0.25, 0.3) is 0 Å². The molecular formula is C20H35BN3O2. The van der Waals surface area contributed by atoms with Crippen LogP contribution < -0.4 is 10.6 Å². The zero-order valence-corrected chi connectivity index (χ0v) is 17.5. The van der Waals surface area contributed by atoms with Crippen LogP contribution in [-0.4, -0.2) is 50.9 Å². The number of nitrogens with zero attached hydrogens (tertiary/aromatic N) is 1. The lowest BCUT2D eigenvalue weighted by atomic mass is 9.43. The quantitative estimate of drug-likeness (QED) is 0.621. The Morgan fingerprint density at radius 3 is 2.35 bits per heavy atom. The Morgan fingerprint density at radius 1 is 1.19 bits per heavy atom. The fraction of sp³-hybridized carbons (Fsp3) is 0.650. The van der Waals surface area contributed by atoms with Crippen LogP contribution in [0.2, 0.25) is 5.31 Å². The van der Waals surface area contributed by atoms with E-state index in [-0.39, 0.29) is 23.5 Å². The summed E-state index contributed by atoms with van der Waals surface area (Å²) >= 11 is 0. The van der Waals surface area contributed by atoms with Gasteiger partial charge in [-0.15, -0.1) is 0 Å². The molecule has 0 aliphatic rings. The molecule has 0 atom stereocenters. The molecule has 0 saturated carbocycles. The molecule has 2 N–H and O–H groups in total. The summed E-state index contributed by atoms with van der Waals surface area (Å²) in [5, 5.41) is 6.76. The van der Waals surface area contributed by atoms with E-state index >= 15 is 0 Å². The Morgan fingerprint density at radius 2 is 1.81 bits per heavy atom. The Kier molecular flexibility index (Phi) is 8.48. The smallest absolute Gasteiger partial charge is 0.409 e. The SMILES string of the molecule is CCC(C)(C)[B]C(C)(C)Nc1ccc(COC(=O)N(C)CCNC)cc1. The average molecular weight is 360 g/mol. The number of hydrogen-bond acceptors (Lipinski definition) is 4.